The first kappa shape index (κ1) is 14.3. The average molecular weight is 282 g/mol. The van der Waals surface area contributed by atoms with E-state index in [9.17, 15) is 5.11 Å². The summed E-state index contributed by atoms with van der Waals surface area (Å²) in [5, 5.41) is 10.5. The van der Waals surface area contributed by atoms with E-state index in [1.54, 1.807) is 0 Å². The van der Waals surface area contributed by atoms with Crippen LogP contribution in [0.5, 0.6) is 0 Å². The minimum Gasteiger partial charge on any atom is -0.379 e. The van der Waals surface area contributed by atoms with E-state index in [4.69, 9.17) is 0 Å². The van der Waals surface area contributed by atoms with E-state index in [2.05, 4.69) is 67.6 Å². The zero-order chi connectivity index (χ0) is 14.9. The molecule has 0 bridgehead atoms. The van der Waals surface area contributed by atoms with Crippen molar-refractivity contribution in [3.05, 3.63) is 71.8 Å². The molecule has 1 aliphatic heterocycles. The van der Waals surface area contributed by atoms with Gasteiger partial charge in [-0.05, 0) is 13.8 Å². The molecular formula is C19H24NO+. The second kappa shape index (κ2) is 5.28. The summed E-state index contributed by atoms with van der Waals surface area (Å²) in [4.78, 5) is 0. The Morgan fingerprint density at radius 3 is 1.71 bits per heavy atom. The van der Waals surface area contributed by atoms with E-state index in [1.165, 1.54) is 11.1 Å². The molecule has 0 saturated carbocycles. The molecule has 1 N–H and O–H groups in total. The van der Waals surface area contributed by atoms with Gasteiger partial charge in [-0.1, -0.05) is 60.7 Å². The normalized spacial score (nSPS) is 27.1. The molecule has 2 atom stereocenters. The fraction of sp³-hybridized carbons (Fsp3) is 0.368. The standard InChI is InChI=1S/C19H24NO/c1-16-19(2,21)15-20(16,13-17-9-5-3-6-10-17)14-18-11-7-4-8-12-18/h3-12,16,21H,13-15H2,1-2H3/q+1/t16-,19-/m0/s1. The van der Waals surface area contributed by atoms with Gasteiger partial charge in [-0.2, -0.15) is 0 Å². The minimum atomic E-state index is -0.552. The molecule has 21 heavy (non-hydrogen) atoms. The van der Waals surface area contributed by atoms with Gasteiger partial charge in [0.15, 0.2) is 5.60 Å². The zero-order valence-electron chi connectivity index (χ0n) is 12.9. The van der Waals surface area contributed by atoms with Crippen molar-refractivity contribution in [1.82, 2.24) is 0 Å². The van der Waals surface area contributed by atoms with E-state index >= 15 is 0 Å². The molecule has 2 aromatic carbocycles. The van der Waals surface area contributed by atoms with E-state index in [0.717, 1.165) is 24.1 Å². The fourth-order valence-electron chi connectivity index (χ4n) is 3.72. The van der Waals surface area contributed by atoms with Crippen molar-refractivity contribution in [2.24, 2.45) is 0 Å². The molecule has 0 radical (unpaired) electrons. The van der Waals surface area contributed by atoms with Gasteiger partial charge in [-0.3, -0.25) is 0 Å². The van der Waals surface area contributed by atoms with E-state index in [1.807, 2.05) is 6.92 Å². The monoisotopic (exact) mass is 282 g/mol. The summed E-state index contributed by atoms with van der Waals surface area (Å²) in [5.74, 6) is 0. The predicted molar refractivity (Wildman–Crippen MR) is 85.5 cm³/mol. The summed E-state index contributed by atoms with van der Waals surface area (Å²) in [7, 11) is 0. The lowest BCUT2D eigenvalue weighted by molar-refractivity contribution is -1.03. The predicted octanol–water partition coefficient (Wildman–Crippen LogP) is 3.36. The summed E-state index contributed by atoms with van der Waals surface area (Å²) in [5.41, 5.74) is 2.13. The Morgan fingerprint density at radius 1 is 0.952 bits per heavy atom. The van der Waals surface area contributed by atoms with Gasteiger partial charge in [0.1, 0.15) is 25.7 Å². The van der Waals surface area contributed by atoms with E-state index in [-0.39, 0.29) is 6.04 Å². The first-order valence-electron chi connectivity index (χ1n) is 7.68. The van der Waals surface area contributed by atoms with E-state index < -0.39 is 5.60 Å². The van der Waals surface area contributed by atoms with Crippen LogP contribution in [0.4, 0.5) is 0 Å². The van der Waals surface area contributed by atoms with Crippen LogP contribution in [-0.2, 0) is 13.1 Å². The summed E-state index contributed by atoms with van der Waals surface area (Å²) >= 11 is 0. The summed E-state index contributed by atoms with van der Waals surface area (Å²) in [6, 6.07) is 21.5. The number of quaternary nitrogens is 1. The molecule has 1 fully saturated rings. The highest BCUT2D eigenvalue weighted by atomic mass is 16.3. The van der Waals surface area contributed by atoms with Gasteiger partial charge in [0, 0.05) is 11.1 Å². The lowest BCUT2D eigenvalue weighted by Crippen LogP contribution is -2.77. The highest BCUT2D eigenvalue weighted by Crippen LogP contribution is 2.40. The molecule has 1 heterocycles. The fourth-order valence-corrected chi connectivity index (χ4v) is 3.72. The molecule has 0 unspecified atom stereocenters. The molecular weight excluding hydrogens is 258 g/mol. The largest absolute Gasteiger partial charge is 0.379 e. The van der Waals surface area contributed by atoms with E-state index in [0.29, 0.717) is 0 Å². The van der Waals surface area contributed by atoms with Gasteiger partial charge in [0.25, 0.3) is 0 Å². The molecule has 1 saturated heterocycles. The summed E-state index contributed by atoms with van der Waals surface area (Å²) in [6.07, 6.45) is 0. The summed E-state index contributed by atoms with van der Waals surface area (Å²) in [6.45, 7) is 6.91. The molecule has 2 heteroatoms. The number of benzene rings is 2. The Morgan fingerprint density at radius 2 is 1.38 bits per heavy atom. The van der Waals surface area contributed by atoms with Crippen LogP contribution in [0.25, 0.3) is 0 Å². The number of hydrogen-bond acceptors (Lipinski definition) is 1. The Hall–Kier alpha value is -1.64. The van der Waals surface area contributed by atoms with Crippen LogP contribution in [0, 0.1) is 0 Å². The first-order valence-corrected chi connectivity index (χ1v) is 7.68. The van der Waals surface area contributed by atoms with Crippen LogP contribution in [0.2, 0.25) is 0 Å². The number of nitrogens with zero attached hydrogens (tertiary/aromatic N) is 1. The SMILES string of the molecule is C[C@H]1[C@@](C)(O)C[N+]1(Cc1ccccc1)Cc1ccccc1. The zero-order valence-corrected chi connectivity index (χ0v) is 12.9. The molecule has 110 valence electrons. The second-order valence-corrected chi connectivity index (χ2v) is 6.70. The Balaban J connectivity index is 1.86. The maximum absolute atomic E-state index is 10.5. The van der Waals surface area contributed by atoms with Gasteiger partial charge >= 0.3 is 0 Å². The Bertz CT molecular complexity index is 550. The van der Waals surface area contributed by atoms with Crippen molar-refractivity contribution in [2.75, 3.05) is 6.54 Å². The topological polar surface area (TPSA) is 20.2 Å². The van der Waals surface area contributed by atoms with Crippen molar-refractivity contribution in [3.8, 4) is 0 Å². The van der Waals surface area contributed by atoms with Crippen LogP contribution in [0.1, 0.15) is 25.0 Å². The number of likely N-dealkylation sites (tertiary alicyclic amines) is 1. The quantitative estimate of drug-likeness (QED) is 0.853. The van der Waals surface area contributed by atoms with Crippen molar-refractivity contribution in [2.45, 2.75) is 38.6 Å². The van der Waals surface area contributed by atoms with Gasteiger partial charge in [-0.25, -0.2) is 0 Å². The number of aliphatic hydroxyl groups is 1. The third-order valence-electron chi connectivity index (χ3n) is 5.04. The number of hydrogen-bond donors (Lipinski definition) is 1. The van der Waals surface area contributed by atoms with Crippen molar-refractivity contribution in [1.29, 1.82) is 0 Å². The van der Waals surface area contributed by atoms with Crippen molar-refractivity contribution >= 4 is 0 Å². The smallest absolute Gasteiger partial charge is 0.162 e. The lowest BCUT2D eigenvalue weighted by Gasteiger charge is -2.59. The molecule has 0 amide bonds. The molecule has 0 spiro atoms. The number of rotatable bonds is 4. The van der Waals surface area contributed by atoms with Crippen LogP contribution in [0.15, 0.2) is 60.7 Å². The molecule has 1 aliphatic rings. The highest BCUT2D eigenvalue weighted by molar-refractivity contribution is 5.16. The van der Waals surface area contributed by atoms with Crippen LogP contribution >= 0.6 is 0 Å². The Labute approximate surface area is 127 Å². The van der Waals surface area contributed by atoms with Crippen LogP contribution in [-0.4, -0.2) is 27.8 Å². The van der Waals surface area contributed by atoms with Crippen LogP contribution < -0.4 is 0 Å². The minimum absolute atomic E-state index is 0.248. The molecule has 0 aromatic heterocycles. The third kappa shape index (κ3) is 2.74. The molecule has 2 nitrogen and oxygen atoms in total. The van der Waals surface area contributed by atoms with Crippen LogP contribution in [0.3, 0.4) is 0 Å². The lowest BCUT2D eigenvalue weighted by atomic mass is 9.81. The molecule has 3 rings (SSSR count). The molecule has 2 aromatic rings. The van der Waals surface area contributed by atoms with Crippen molar-refractivity contribution < 1.29 is 9.59 Å². The maximum Gasteiger partial charge on any atom is 0.162 e. The second-order valence-electron chi connectivity index (χ2n) is 6.70. The maximum atomic E-state index is 10.5. The average Bonchev–Trinajstić information content (AvgIpc) is 2.48. The summed E-state index contributed by atoms with van der Waals surface area (Å²) < 4.78 is 0.932. The van der Waals surface area contributed by atoms with Gasteiger partial charge in [-0.15, -0.1) is 0 Å². The molecule has 0 aliphatic carbocycles. The Kier molecular flexibility index (Phi) is 3.60. The van der Waals surface area contributed by atoms with Gasteiger partial charge < -0.3 is 9.59 Å². The third-order valence-corrected chi connectivity index (χ3v) is 5.04. The van der Waals surface area contributed by atoms with Crippen molar-refractivity contribution in [3.63, 3.8) is 0 Å². The van der Waals surface area contributed by atoms with Gasteiger partial charge in [0.05, 0.1) is 0 Å². The highest BCUT2D eigenvalue weighted by Gasteiger charge is 2.58. The first-order chi connectivity index (χ1) is 10.0. The van der Waals surface area contributed by atoms with Gasteiger partial charge in [0.2, 0.25) is 0 Å².